The average molecular weight is 351 g/mol. The van der Waals surface area contributed by atoms with E-state index in [1.54, 1.807) is 0 Å². The first-order chi connectivity index (χ1) is 11.3. The third-order valence-corrected chi connectivity index (χ3v) is 3.77. The molecule has 9 N–H and O–H groups in total. The van der Waals surface area contributed by atoms with Crippen LogP contribution in [0.5, 0.6) is 0 Å². The second-order valence-electron chi connectivity index (χ2n) is 5.55. The van der Waals surface area contributed by atoms with E-state index in [2.05, 4.69) is 5.32 Å². The first kappa shape index (κ1) is 20.5. The number of rotatable bonds is 8. The van der Waals surface area contributed by atoms with Crippen molar-refractivity contribution in [2.75, 3.05) is 13.2 Å². The molecule has 1 fully saturated rings. The van der Waals surface area contributed by atoms with Gasteiger partial charge in [-0.25, -0.2) is 4.79 Å². The van der Waals surface area contributed by atoms with Gasteiger partial charge < -0.3 is 46.6 Å². The number of aliphatic hydroxyl groups excluding tert-OH is 4. The minimum absolute atomic E-state index is 0.177. The zero-order chi connectivity index (χ0) is 18.3. The lowest BCUT2D eigenvalue weighted by molar-refractivity contribution is -0.254. The Morgan fingerprint density at radius 3 is 2.38 bits per heavy atom. The van der Waals surface area contributed by atoms with Gasteiger partial charge in [0.25, 0.3) is 0 Å². The van der Waals surface area contributed by atoms with Crippen molar-refractivity contribution in [3.05, 3.63) is 0 Å². The van der Waals surface area contributed by atoms with E-state index in [4.69, 9.17) is 20.7 Å². The summed E-state index contributed by atoms with van der Waals surface area (Å²) in [6.45, 7) is -0.234. The van der Waals surface area contributed by atoms with Gasteiger partial charge >= 0.3 is 6.09 Å². The Labute approximate surface area is 138 Å². The summed E-state index contributed by atoms with van der Waals surface area (Å²) in [4.78, 5) is 23.0. The minimum atomic E-state index is -1.67. The van der Waals surface area contributed by atoms with Gasteiger partial charge in [0, 0.05) is 0 Å². The molecule has 0 aliphatic carbocycles. The third kappa shape index (κ3) is 5.54. The third-order valence-electron chi connectivity index (χ3n) is 3.77. The molecule has 11 heteroatoms. The zero-order valence-corrected chi connectivity index (χ0v) is 13.0. The Balaban J connectivity index is 2.71. The number of nitrogens with two attached hydrogens (primary N) is 1. The van der Waals surface area contributed by atoms with Crippen molar-refractivity contribution in [2.24, 2.45) is 5.73 Å². The molecular weight excluding hydrogens is 326 g/mol. The van der Waals surface area contributed by atoms with Gasteiger partial charge in [-0.05, 0) is 25.8 Å². The number of carboxylic acid groups (broad SMARTS) is 1. The van der Waals surface area contributed by atoms with E-state index in [-0.39, 0.29) is 6.42 Å². The Hall–Kier alpha value is -1.50. The van der Waals surface area contributed by atoms with Gasteiger partial charge in [-0.2, -0.15) is 0 Å². The predicted octanol–water partition coefficient (Wildman–Crippen LogP) is -3.33. The van der Waals surface area contributed by atoms with Gasteiger partial charge in [0.1, 0.15) is 30.4 Å². The van der Waals surface area contributed by atoms with Gasteiger partial charge in [0.15, 0.2) is 6.29 Å². The van der Waals surface area contributed by atoms with E-state index in [1.165, 1.54) is 0 Å². The quantitative estimate of drug-likeness (QED) is 0.206. The lowest BCUT2D eigenvalue weighted by Gasteiger charge is -2.40. The first-order valence-corrected chi connectivity index (χ1v) is 7.62. The van der Waals surface area contributed by atoms with Crippen LogP contribution in [0.3, 0.4) is 0 Å². The largest absolute Gasteiger partial charge is 0.465 e. The molecule has 1 rings (SSSR count). The molecule has 1 heterocycles. The summed E-state index contributed by atoms with van der Waals surface area (Å²) in [6.07, 6.45) is -6.10. The maximum atomic E-state index is 12.2. The molecule has 0 aromatic carbocycles. The van der Waals surface area contributed by atoms with Crippen LogP contribution in [0.25, 0.3) is 0 Å². The van der Waals surface area contributed by atoms with Gasteiger partial charge in [0.2, 0.25) is 5.91 Å². The Morgan fingerprint density at radius 1 is 1.17 bits per heavy atom. The van der Waals surface area contributed by atoms with Crippen molar-refractivity contribution >= 4 is 12.0 Å². The summed E-state index contributed by atoms with van der Waals surface area (Å²) in [5.41, 5.74) is 5.35. The van der Waals surface area contributed by atoms with Crippen LogP contribution in [-0.2, 0) is 9.53 Å². The molecule has 0 bridgehead atoms. The average Bonchev–Trinajstić information content (AvgIpc) is 2.53. The van der Waals surface area contributed by atoms with Crippen LogP contribution in [0.2, 0.25) is 0 Å². The number of nitrogens with one attached hydrogen (secondary N) is 2. The van der Waals surface area contributed by atoms with Crippen molar-refractivity contribution in [3.8, 4) is 0 Å². The van der Waals surface area contributed by atoms with Gasteiger partial charge in [0.05, 0.1) is 6.61 Å². The second kappa shape index (κ2) is 9.71. The van der Waals surface area contributed by atoms with Crippen LogP contribution in [0.1, 0.15) is 19.3 Å². The predicted molar refractivity (Wildman–Crippen MR) is 79.8 cm³/mol. The number of ether oxygens (including phenoxy) is 1. The number of unbranched alkanes of at least 4 members (excludes halogenated alkanes) is 1. The highest BCUT2D eigenvalue weighted by molar-refractivity contribution is 5.85. The molecule has 0 aromatic rings. The molecule has 0 spiro atoms. The number of carbonyl (C=O) groups excluding carboxylic acids is 1. The molecular formula is C13H25N3O8. The van der Waals surface area contributed by atoms with Gasteiger partial charge in [-0.1, -0.05) is 0 Å². The highest BCUT2D eigenvalue weighted by Gasteiger charge is 2.44. The van der Waals surface area contributed by atoms with E-state index < -0.39 is 55.3 Å². The van der Waals surface area contributed by atoms with Crippen molar-refractivity contribution in [3.63, 3.8) is 0 Å². The number of hydrogen-bond donors (Lipinski definition) is 8. The van der Waals surface area contributed by atoms with Gasteiger partial charge in [-0.15, -0.1) is 0 Å². The van der Waals surface area contributed by atoms with E-state index >= 15 is 0 Å². The standard InChI is InChI=1S/C13H25N3O8/c14-4-2-1-3-6(15-13(22)23)11(20)16-8-10(19)9(18)7(5-17)24-12(8)21/h6-10,12,15,17-19,21H,1-5,14H2,(H,16,20)(H,22,23)/t6?,7-,8-,9-,10-,12-/m1/s1. The summed E-state index contributed by atoms with van der Waals surface area (Å²) in [5.74, 6) is -0.782. The first-order valence-electron chi connectivity index (χ1n) is 7.62. The lowest BCUT2D eigenvalue weighted by atomic mass is 9.96. The fourth-order valence-electron chi connectivity index (χ4n) is 2.43. The lowest BCUT2D eigenvalue weighted by Crippen LogP contribution is -2.65. The zero-order valence-electron chi connectivity index (χ0n) is 13.0. The number of amides is 2. The van der Waals surface area contributed by atoms with Crippen LogP contribution in [-0.4, -0.2) is 87.4 Å². The molecule has 1 unspecified atom stereocenters. The molecule has 6 atom stereocenters. The Bertz CT molecular complexity index is 424. The molecule has 140 valence electrons. The smallest absolute Gasteiger partial charge is 0.405 e. The second-order valence-corrected chi connectivity index (χ2v) is 5.55. The normalized spacial score (nSPS) is 31.3. The van der Waals surface area contributed by atoms with Crippen molar-refractivity contribution in [1.82, 2.24) is 10.6 Å². The molecule has 1 saturated heterocycles. The number of hydrogen-bond acceptors (Lipinski definition) is 8. The Kier molecular flexibility index (Phi) is 8.31. The summed E-state index contributed by atoms with van der Waals surface area (Å²) in [6, 6.07) is -2.48. The van der Waals surface area contributed by atoms with Crippen LogP contribution in [0.15, 0.2) is 0 Å². The van der Waals surface area contributed by atoms with Crippen molar-refractivity contribution in [1.29, 1.82) is 0 Å². The molecule has 1 aliphatic rings. The number of carbonyl (C=O) groups is 2. The van der Waals surface area contributed by atoms with Crippen LogP contribution in [0, 0.1) is 0 Å². The number of aliphatic hydroxyl groups is 4. The molecule has 11 nitrogen and oxygen atoms in total. The van der Waals surface area contributed by atoms with Crippen molar-refractivity contribution < 1.29 is 39.9 Å². The fourth-order valence-corrected chi connectivity index (χ4v) is 2.43. The molecule has 2 amide bonds. The van der Waals surface area contributed by atoms with Gasteiger partial charge in [-0.3, -0.25) is 4.79 Å². The molecule has 24 heavy (non-hydrogen) atoms. The minimum Gasteiger partial charge on any atom is -0.465 e. The Morgan fingerprint density at radius 2 is 1.83 bits per heavy atom. The van der Waals surface area contributed by atoms with Crippen LogP contribution >= 0.6 is 0 Å². The van der Waals surface area contributed by atoms with E-state index in [0.717, 1.165) is 0 Å². The van der Waals surface area contributed by atoms with Crippen LogP contribution < -0.4 is 16.4 Å². The summed E-state index contributed by atoms with van der Waals surface area (Å²) >= 11 is 0. The molecule has 0 aromatic heterocycles. The molecule has 0 radical (unpaired) electrons. The summed E-state index contributed by atoms with van der Waals surface area (Å²) in [7, 11) is 0. The SMILES string of the molecule is NCCCCC(NC(=O)O)C(=O)N[C@@H]1[C@@H](O)[C@H](O)[C@@H](CO)O[C@H]1O. The molecule has 1 aliphatic heterocycles. The maximum absolute atomic E-state index is 12.2. The van der Waals surface area contributed by atoms with E-state index in [1.807, 2.05) is 5.32 Å². The highest BCUT2D eigenvalue weighted by atomic mass is 16.6. The van der Waals surface area contributed by atoms with Crippen molar-refractivity contribution in [2.45, 2.75) is 55.9 Å². The summed E-state index contributed by atoms with van der Waals surface area (Å²) < 4.78 is 4.92. The maximum Gasteiger partial charge on any atom is 0.405 e. The fraction of sp³-hybridized carbons (Fsp3) is 0.846. The summed E-state index contributed by atoms with van der Waals surface area (Å²) in [5, 5.41) is 51.7. The van der Waals surface area contributed by atoms with Crippen LogP contribution in [0.4, 0.5) is 4.79 Å². The monoisotopic (exact) mass is 351 g/mol. The molecule has 0 saturated carbocycles. The van der Waals surface area contributed by atoms with E-state index in [9.17, 15) is 24.9 Å². The topological polar surface area (TPSA) is 195 Å². The highest BCUT2D eigenvalue weighted by Crippen LogP contribution is 2.20. The van der Waals surface area contributed by atoms with E-state index in [0.29, 0.717) is 19.4 Å².